The Morgan fingerprint density at radius 2 is 2.24 bits per heavy atom. The summed E-state index contributed by atoms with van der Waals surface area (Å²) >= 11 is 0. The number of nitrogen functional groups attached to an aromatic ring is 1. The molecule has 0 aromatic heterocycles. The maximum atomic E-state index is 12.1. The van der Waals surface area contributed by atoms with Crippen LogP contribution < -0.4 is 5.73 Å². The molecule has 1 aromatic rings. The van der Waals surface area contributed by atoms with Gasteiger partial charge in [-0.05, 0) is 30.5 Å². The topological polar surface area (TPSA) is 46.3 Å². The van der Waals surface area contributed by atoms with Crippen LogP contribution in [0.3, 0.4) is 0 Å². The van der Waals surface area contributed by atoms with E-state index in [2.05, 4.69) is 0 Å². The molecule has 0 heterocycles. The molecule has 0 unspecified atom stereocenters. The molecule has 1 aliphatic rings. The van der Waals surface area contributed by atoms with Crippen molar-refractivity contribution in [2.45, 2.75) is 25.7 Å². The SMILES string of the molecule is CN(CCC1CCC1)C(=O)c1cccc(N)c1. The maximum absolute atomic E-state index is 12.1. The van der Waals surface area contributed by atoms with Gasteiger partial charge in [0.15, 0.2) is 0 Å². The van der Waals surface area contributed by atoms with Crippen molar-refractivity contribution in [2.24, 2.45) is 5.92 Å². The second kappa shape index (κ2) is 5.21. The molecular weight excluding hydrogens is 212 g/mol. The first-order chi connectivity index (χ1) is 8.16. The average molecular weight is 232 g/mol. The number of rotatable bonds is 4. The zero-order valence-corrected chi connectivity index (χ0v) is 10.4. The van der Waals surface area contributed by atoms with E-state index in [0.29, 0.717) is 11.3 Å². The van der Waals surface area contributed by atoms with E-state index in [1.54, 1.807) is 17.0 Å². The van der Waals surface area contributed by atoms with E-state index < -0.39 is 0 Å². The minimum absolute atomic E-state index is 0.0663. The number of hydrogen-bond acceptors (Lipinski definition) is 2. The molecule has 17 heavy (non-hydrogen) atoms. The highest BCUT2D eigenvalue weighted by Crippen LogP contribution is 2.29. The van der Waals surface area contributed by atoms with Crippen LogP contribution in [-0.2, 0) is 0 Å². The molecule has 1 saturated carbocycles. The first-order valence-corrected chi connectivity index (χ1v) is 6.28. The van der Waals surface area contributed by atoms with Crippen LogP contribution in [0, 0.1) is 5.92 Å². The van der Waals surface area contributed by atoms with Gasteiger partial charge in [0, 0.05) is 24.8 Å². The number of benzene rings is 1. The summed E-state index contributed by atoms with van der Waals surface area (Å²) in [6.07, 6.45) is 5.16. The molecule has 3 heteroatoms. The van der Waals surface area contributed by atoms with E-state index in [4.69, 9.17) is 5.73 Å². The summed E-state index contributed by atoms with van der Waals surface area (Å²) in [6, 6.07) is 7.17. The minimum atomic E-state index is 0.0663. The lowest BCUT2D eigenvalue weighted by Gasteiger charge is -2.27. The van der Waals surface area contributed by atoms with Crippen LogP contribution in [-0.4, -0.2) is 24.4 Å². The van der Waals surface area contributed by atoms with Crippen molar-refractivity contribution in [1.29, 1.82) is 0 Å². The monoisotopic (exact) mass is 232 g/mol. The summed E-state index contributed by atoms with van der Waals surface area (Å²) in [5.41, 5.74) is 7.00. The van der Waals surface area contributed by atoms with Crippen molar-refractivity contribution in [2.75, 3.05) is 19.3 Å². The zero-order valence-electron chi connectivity index (χ0n) is 10.4. The highest BCUT2D eigenvalue weighted by molar-refractivity contribution is 5.94. The molecule has 1 fully saturated rings. The summed E-state index contributed by atoms with van der Waals surface area (Å²) in [5, 5.41) is 0. The molecular formula is C14H20N2O. The number of hydrogen-bond donors (Lipinski definition) is 1. The third-order valence-electron chi connectivity index (χ3n) is 3.58. The Kier molecular flexibility index (Phi) is 3.67. The molecule has 2 N–H and O–H groups in total. The average Bonchev–Trinajstić information content (AvgIpc) is 2.25. The van der Waals surface area contributed by atoms with Crippen molar-refractivity contribution >= 4 is 11.6 Å². The summed E-state index contributed by atoms with van der Waals surface area (Å²) in [5.74, 6) is 0.905. The van der Waals surface area contributed by atoms with Crippen molar-refractivity contribution in [1.82, 2.24) is 4.90 Å². The Bertz CT molecular complexity index is 399. The molecule has 1 amide bonds. The predicted molar refractivity (Wildman–Crippen MR) is 69.8 cm³/mol. The van der Waals surface area contributed by atoms with Crippen LogP contribution >= 0.6 is 0 Å². The Morgan fingerprint density at radius 1 is 1.47 bits per heavy atom. The van der Waals surface area contributed by atoms with Gasteiger partial charge in [-0.25, -0.2) is 0 Å². The summed E-state index contributed by atoms with van der Waals surface area (Å²) in [7, 11) is 1.87. The fourth-order valence-electron chi connectivity index (χ4n) is 2.15. The molecule has 3 nitrogen and oxygen atoms in total. The minimum Gasteiger partial charge on any atom is -0.399 e. The van der Waals surface area contributed by atoms with E-state index in [1.165, 1.54) is 19.3 Å². The Morgan fingerprint density at radius 3 is 2.82 bits per heavy atom. The van der Waals surface area contributed by atoms with E-state index in [9.17, 15) is 4.79 Å². The first kappa shape index (κ1) is 12.0. The lowest BCUT2D eigenvalue weighted by Crippen LogP contribution is -2.30. The molecule has 0 spiro atoms. The fourth-order valence-corrected chi connectivity index (χ4v) is 2.15. The van der Waals surface area contributed by atoms with E-state index >= 15 is 0 Å². The van der Waals surface area contributed by atoms with E-state index in [1.807, 2.05) is 19.2 Å². The normalized spacial score (nSPS) is 15.4. The highest BCUT2D eigenvalue weighted by Gasteiger charge is 2.19. The van der Waals surface area contributed by atoms with Crippen LogP contribution in [0.4, 0.5) is 5.69 Å². The molecule has 2 rings (SSSR count). The van der Waals surface area contributed by atoms with Crippen LogP contribution in [0.2, 0.25) is 0 Å². The van der Waals surface area contributed by atoms with Crippen molar-refractivity contribution < 1.29 is 4.79 Å². The standard InChI is InChI=1S/C14H20N2O/c1-16(9-8-11-4-2-5-11)14(17)12-6-3-7-13(15)10-12/h3,6-7,10-11H,2,4-5,8-9,15H2,1H3. The molecule has 1 aliphatic carbocycles. The molecule has 0 bridgehead atoms. The van der Waals surface area contributed by atoms with Crippen molar-refractivity contribution in [3.05, 3.63) is 29.8 Å². The van der Waals surface area contributed by atoms with Crippen LogP contribution in [0.1, 0.15) is 36.0 Å². The predicted octanol–water partition coefficient (Wildman–Crippen LogP) is 2.53. The van der Waals surface area contributed by atoms with Crippen LogP contribution in [0.25, 0.3) is 0 Å². The Labute approximate surface area is 103 Å². The largest absolute Gasteiger partial charge is 0.399 e. The molecule has 0 radical (unpaired) electrons. The molecule has 1 aromatic carbocycles. The van der Waals surface area contributed by atoms with Gasteiger partial charge in [-0.1, -0.05) is 25.3 Å². The molecule has 0 aliphatic heterocycles. The lowest BCUT2D eigenvalue weighted by molar-refractivity contribution is 0.0779. The number of nitrogens with two attached hydrogens (primary N) is 1. The quantitative estimate of drug-likeness (QED) is 0.811. The second-order valence-electron chi connectivity index (χ2n) is 4.94. The van der Waals surface area contributed by atoms with Crippen molar-refractivity contribution in [3.63, 3.8) is 0 Å². The zero-order chi connectivity index (χ0) is 12.3. The van der Waals surface area contributed by atoms with Gasteiger partial charge in [-0.3, -0.25) is 4.79 Å². The maximum Gasteiger partial charge on any atom is 0.253 e. The number of anilines is 1. The van der Waals surface area contributed by atoms with Gasteiger partial charge in [0.25, 0.3) is 5.91 Å². The number of carbonyl (C=O) groups excluding carboxylic acids is 1. The third-order valence-corrected chi connectivity index (χ3v) is 3.58. The van der Waals surface area contributed by atoms with Crippen LogP contribution in [0.5, 0.6) is 0 Å². The van der Waals surface area contributed by atoms with Gasteiger partial charge in [-0.15, -0.1) is 0 Å². The molecule has 0 saturated heterocycles. The lowest BCUT2D eigenvalue weighted by atomic mass is 9.83. The van der Waals surface area contributed by atoms with Crippen molar-refractivity contribution in [3.8, 4) is 0 Å². The summed E-state index contributed by atoms with van der Waals surface area (Å²) < 4.78 is 0. The second-order valence-corrected chi connectivity index (χ2v) is 4.94. The molecule has 92 valence electrons. The first-order valence-electron chi connectivity index (χ1n) is 6.28. The molecule has 0 atom stereocenters. The third kappa shape index (κ3) is 2.99. The van der Waals surface area contributed by atoms with Gasteiger partial charge in [0.2, 0.25) is 0 Å². The summed E-state index contributed by atoms with van der Waals surface area (Å²) in [4.78, 5) is 13.9. The van der Waals surface area contributed by atoms with Gasteiger partial charge in [-0.2, -0.15) is 0 Å². The Hall–Kier alpha value is -1.51. The smallest absolute Gasteiger partial charge is 0.253 e. The van der Waals surface area contributed by atoms with Gasteiger partial charge in [0.05, 0.1) is 0 Å². The van der Waals surface area contributed by atoms with E-state index in [0.717, 1.165) is 18.9 Å². The van der Waals surface area contributed by atoms with E-state index in [-0.39, 0.29) is 5.91 Å². The summed E-state index contributed by atoms with van der Waals surface area (Å²) in [6.45, 7) is 0.846. The van der Waals surface area contributed by atoms with Gasteiger partial charge >= 0.3 is 0 Å². The van der Waals surface area contributed by atoms with Gasteiger partial charge < -0.3 is 10.6 Å². The number of amides is 1. The number of carbonyl (C=O) groups is 1. The van der Waals surface area contributed by atoms with Gasteiger partial charge in [0.1, 0.15) is 0 Å². The highest BCUT2D eigenvalue weighted by atomic mass is 16.2. The van der Waals surface area contributed by atoms with Crippen LogP contribution in [0.15, 0.2) is 24.3 Å². The number of nitrogens with zero attached hydrogens (tertiary/aromatic N) is 1. The Balaban J connectivity index is 1.89. The fraction of sp³-hybridized carbons (Fsp3) is 0.500.